The molecule has 2 heterocycles. The number of carbonyl (C=O) groups excluding carboxylic acids is 1. The molecular formula is C29H32Cl2O6S2. The van der Waals surface area contributed by atoms with Gasteiger partial charge in [0.2, 0.25) is 0 Å². The smallest absolute Gasteiger partial charge is 0.312 e. The highest BCUT2D eigenvalue weighted by Gasteiger charge is 2.21. The third-order valence-electron chi connectivity index (χ3n) is 6.55. The van der Waals surface area contributed by atoms with Crippen LogP contribution in [0.2, 0.25) is 10.0 Å². The lowest BCUT2D eigenvalue weighted by Gasteiger charge is -2.11. The third-order valence-corrected chi connectivity index (χ3v) is 9.53. The normalized spacial score (nSPS) is 22.3. The van der Waals surface area contributed by atoms with Crippen LogP contribution in [0, 0.1) is 0 Å². The SMILES string of the molecule is CC(C(=O)O)c1ccc(C=C2SCCC2O)c(Cl)c1.COC(=O)C(C)c1ccc(C=C2SCCC2O)c(Cl)c1. The van der Waals surface area contributed by atoms with E-state index in [0.717, 1.165) is 50.8 Å². The maximum absolute atomic E-state index is 11.5. The number of rotatable bonds is 6. The van der Waals surface area contributed by atoms with E-state index >= 15 is 0 Å². The molecule has 0 amide bonds. The van der Waals surface area contributed by atoms with Crippen LogP contribution in [-0.4, -0.2) is 58.1 Å². The molecule has 0 bridgehead atoms. The summed E-state index contributed by atoms with van der Waals surface area (Å²) in [5, 5.41) is 29.6. The van der Waals surface area contributed by atoms with E-state index < -0.39 is 18.0 Å². The minimum atomic E-state index is -0.871. The molecule has 4 unspecified atom stereocenters. The monoisotopic (exact) mass is 610 g/mol. The van der Waals surface area contributed by atoms with Crippen LogP contribution in [0.4, 0.5) is 0 Å². The maximum Gasteiger partial charge on any atom is 0.312 e. The van der Waals surface area contributed by atoms with Gasteiger partial charge in [0, 0.05) is 31.4 Å². The predicted molar refractivity (Wildman–Crippen MR) is 162 cm³/mol. The highest BCUT2D eigenvalue weighted by Crippen LogP contribution is 2.35. The van der Waals surface area contributed by atoms with E-state index in [2.05, 4.69) is 0 Å². The largest absolute Gasteiger partial charge is 0.481 e. The van der Waals surface area contributed by atoms with Crippen LogP contribution in [0.5, 0.6) is 0 Å². The number of carbonyl (C=O) groups is 2. The number of aliphatic hydroxyl groups is 2. The molecule has 2 aliphatic rings. The number of hydrogen-bond acceptors (Lipinski definition) is 7. The second-order valence-electron chi connectivity index (χ2n) is 9.27. The molecule has 2 aromatic rings. The summed E-state index contributed by atoms with van der Waals surface area (Å²) < 4.78 is 4.73. The molecule has 2 saturated heterocycles. The highest BCUT2D eigenvalue weighted by molar-refractivity contribution is 8.03. The minimum Gasteiger partial charge on any atom is -0.481 e. The lowest BCUT2D eigenvalue weighted by molar-refractivity contribution is -0.142. The first-order valence-electron chi connectivity index (χ1n) is 12.5. The van der Waals surface area contributed by atoms with E-state index in [4.69, 9.17) is 33.0 Å². The number of esters is 1. The van der Waals surface area contributed by atoms with Crippen molar-refractivity contribution < 1.29 is 29.6 Å². The lowest BCUT2D eigenvalue weighted by atomic mass is 9.99. The van der Waals surface area contributed by atoms with Gasteiger partial charge < -0.3 is 20.1 Å². The summed E-state index contributed by atoms with van der Waals surface area (Å²) in [5.74, 6) is -0.227. The van der Waals surface area contributed by atoms with Gasteiger partial charge in [0.15, 0.2) is 0 Å². The first kappa shape index (κ1) is 31.6. The Morgan fingerprint density at radius 3 is 1.64 bits per heavy atom. The molecule has 6 nitrogen and oxygen atoms in total. The second kappa shape index (κ2) is 14.6. The van der Waals surface area contributed by atoms with Crippen molar-refractivity contribution in [3.63, 3.8) is 0 Å². The number of aliphatic carboxylic acids is 1. The quantitative estimate of drug-likeness (QED) is 0.306. The molecule has 3 N–H and O–H groups in total. The van der Waals surface area contributed by atoms with Gasteiger partial charge in [-0.15, -0.1) is 23.5 Å². The zero-order chi connectivity index (χ0) is 28.7. The van der Waals surface area contributed by atoms with Crippen LogP contribution in [0.15, 0.2) is 46.2 Å². The Labute approximate surface area is 247 Å². The summed E-state index contributed by atoms with van der Waals surface area (Å²) in [6, 6.07) is 10.8. The average Bonchev–Trinajstić information content (AvgIpc) is 3.52. The molecule has 210 valence electrons. The molecule has 0 aromatic heterocycles. The molecule has 2 aliphatic heterocycles. The van der Waals surface area contributed by atoms with Crippen LogP contribution in [-0.2, 0) is 14.3 Å². The van der Waals surface area contributed by atoms with Crippen LogP contribution in [0.3, 0.4) is 0 Å². The van der Waals surface area contributed by atoms with Crippen molar-refractivity contribution in [3.05, 3.63) is 78.5 Å². The molecule has 4 atom stereocenters. The Morgan fingerprint density at radius 1 is 0.872 bits per heavy atom. The van der Waals surface area contributed by atoms with E-state index in [1.807, 2.05) is 24.3 Å². The molecule has 2 fully saturated rings. The van der Waals surface area contributed by atoms with Gasteiger partial charge in [-0.05, 0) is 73.2 Å². The molecule has 10 heteroatoms. The fraction of sp³-hybridized carbons (Fsp3) is 0.379. The van der Waals surface area contributed by atoms with Crippen LogP contribution >= 0.6 is 46.7 Å². The lowest BCUT2D eigenvalue weighted by Crippen LogP contribution is -2.10. The van der Waals surface area contributed by atoms with E-state index in [0.29, 0.717) is 15.6 Å². The van der Waals surface area contributed by atoms with Gasteiger partial charge in [0.05, 0.1) is 31.2 Å². The molecule has 4 rings (SSSR count). The highest BCUT2D eigenvalue weighted by atomic mass is 35.5. The topological polar surface area (TPSA) is 104 Å². The third kappa shape index (κ3) is 8.52. The Kier molecular flexibility index (Phi) is 11.8. The Hall–Kier alpha value is -1.94. The van der Waals surface area contributed by atoms with Crippen molar-refractivity contribution in [2.45, 2.75) is 50.7 Å². The number of halogens is 2. The molecule has 0 aliphatic carbocycles. The van der Waals surface area contributed by atoms with Crippen LogP contribution in [0.1, 0.15) is 60.8 Å². The van der Waals surface area contributed by atoms with Crippen molar-refractivity contribution in [1.29, 1.82) is 0 Å². The summed E-state index contributed by atoms with van der Waals surface area (Å²) in [7, 11) is 1.37. The average molecular weight is 612 g/mol. The van der Waals surface area contributed by atoms with Gasteiger partial charge in [0.25, 0.3) is 0 Å². The van der Waals surface area contributed by atoms with Gasteiger partial charge in [-0.25, -0.2) is 0 Å². The molecule has 0 radical (unpaired) electrons. The van der Waals surface area contributed by atoms with Crippen molar-refractivity contribution in [3.8, 4) is 0 Å². The van der Waals surface area contributed by atoms with E-state index in [9.17, 15) is 19.8 Å². The minimum absolute atomic E-state index is 0.283. The standard InChI is InChI=1S/C15H17ClO3S.C14H15ClO3S/c1-9(15(18)19-2)10-3-4-11(12(16)7-10)8-14-13(17)5-6-20-14;1-8(14(17)18)9-2-3-10(11(15)6-9)7-13-12(16)4-5-19-13/h3-4,7-9,13,17H,5-6H2,1-2H3;2-3,6-8,12,16H,4-5H2,1H3,(H,17,18). The molecule has 0 saturated carbocycles. The number of carboxylic acids is 1. The maximum atomic E-state index is 11.5. The van der Waals surface area contributed by atoms with E-state index in [1.165, 1.54) is 7.11 Å². The summed E-state index contributed by atoms with van der Waals surface area (Å²) in [4.78, 5) is 24.3. The van der Waals surface area contributed by atoms with Crippen molar-refractivity contribution in [2.75, 3.05) is 18.6 Å². The molecule has 0 spiro atoms. The zero-order valence-electron chi connectivity index (χ0n) is 21.9. The summed E-state index contributed by atoms with van der Waals surface area (Å²) in [6.07, 6.45) is 4.55. The number of hydrogen-bond donors (Lipinski definition) is 3. The van der Waals surface area contributed by atoms with Gasteiger partial charge in [-0.3, -0.25) is 9.59 Å². The molecule has 39 heavy (non-hydrogen) atoms. The Bertz CT molecular complexity index is 1260. The first-order valence-corrected chi connectivity index (χ1v) is 15.2. The van der Waals surface area contributed by atoms with Crippen molar-refractivity contribution in [2.24, 2.45) is 0 Å². The Morgan fingerprint density at radius 2 is 1.31 bits per heavy atom. The predicted octanol–water partition coefficient (Wildman–Crippen LogP) is 6.82. The number of ether oxygens (including phenoxy) is 1. The number of aliphatic hydroxyl groups excluding tert-OH is 2. The Balaban J connectivity index is 0.000000216. The summed E-state index contributed by atoms with van der Waals surface area (Å²) >= 11 is 15.7. The fourth-order valence-corrected chi connectivity index (χ4v) is 6.63. The van der Waals surface area contributed by atoms with E-state index in [1.54, 1.807) is 61.6 Å². The first-order chi connectivity index (χ1) is 18.5. The number of benzene rings is 2. The van der Waals surface area contributed by atoms with E-state index in [-0.39, 0.29) is 18.0 Å². The molecular weight excluding hydrogens is 579 g/mol. The summed E-state index contributed by atoms with van der Waals surface area (Å²) in [5.41, 5.74) is 3.17. The van der Waals surface area contributed by atoms with Crippen molar-refractivity contribution in [1.82, 2.24) is 0 Å². The number of methoxy groups -OCH3 is 1. The zero-order valence-corrected chi connectivity index (χ0v) is 25.0. The number of thioether (sulfide) groups is 2. The van der Waals surface area contributed by atoms with Crippen LogP contribution < -0.4 is 0 Å². The summed E-state index contributed by atoms with van der Waals surface area (Å²) in [6.45, 7) is 3.41. The van der Waals surface area contributed by atoms with Crippen LogP contribution in [0.25, 0.3) is 12.2 Å². The van der Waals surface area contributed by atoms with Gasteiger partial charge in [0.1, 0.15) is 0 Å². The second-order valence-corrected chi connectivity index (χ2v) is 12.4. The molecule has 2 aromatic carbocycles. The van der Waals surface area contributed by atoms with Gasteiger partial charge in [-0.1, -0.05) is 47.5 Å². The van der Waals surface area contributed by atoms with Crippen molar-refractivity contribution >= 4 is 70.8 Å². The number of carboxylic acid groups (broad SMARTS) is 1. The fourth-order valence-electron chi connectivity index (χ4n) is 3.95. The van der Waals surface area contributed by atoms with Gasteiger partial charge in [-0.2, -0.15) is 0 Å². The van der Waals surface area contributed by atoms with Gasteiger partial charge >= 0.3 is 11.9 Å².